The largest absolute Gasteiger partial charge is 0.151 e. The lowest BCUT2D eigenvalue weighted by molar-refractivity contribution is 0.563. The Kier molecular flexibility index (Phi) is 7.68. The summed E-state index contributed by atoms with van der Waals surface area (Å²) in [5.74, 6) is 0. The summed E-state index contributed by atoms with van der Waals surface area (Å²) in [4.78, 5) is 0. The average Bonchev–Trinajstić information content (AvgIpc) is 3.44. The molecule has 6 aromatic rings. The molecule has 0 aliphatic heterocycles. The predicted molar refractivity (Wildman–Crippen MR) is 214 cm³/mol. The van der Waals surface area contributed by atoms with E-state index in [0.717, 1.165) is 28.0 Å². The second-order valence-electron chi connectivity index (χ2n) is 15.6. The van der Waals surface area contributed by atoms with E-state index in [2.05, 4.69) is 194 Å². The molecule has 0 bridgehead atoms. The Balaban J connectivity index is 1.35. The summed E-state index contributed by atoms with van der Waals surface area (Å²) in [6, 6.07) is 53.1. The monoisotopic (exact) mass is 660 g/mol. The Hall–Kier alpha value is -5.60. The zero-order chi connectivity index (χ0) is 35.5. The fourth-order valence-corrected chi connectivity index (χ4v) is 8.51. The molecule has 0 aromatic heterocycles. The van der Waals surface area contributed by atoms with E-state index in [9.17, 15) is 0 Å². The van der Waals surface area contributed by atoms with Gasteiger partial charge in [0, 0.05) is 16.5 Å². The van der Waals surface area contributed by atoms with E-state index in [4.69, 9.17) is 10.2 Å². The number of nitrogens with zero attached hydrogens (tertiary/aromatic N) is 2. The number of fused-ring (bicyclic) bond motifs is 9. The van der Waals surface area contributed by atoms with E-state index in [-0.39, 0.29) is 10.8 Å². The van der Waals surface area contributed by atoms with Crippen LogP contribution in [0.3, 0.4) is 0 Å². The van der Waals surface area contributed by atoms with Gasteiger partial charge in [0.25, 0.3) is 0 Å². The molecule has 0 saturated carbocycles. The first-order valence-corrected chi connectivity index (χ1v) is 18.0. The summed E-state index contributed by atoms with van der Waals surface area (Å²) in [5, 5.41) is 9.85. The molecule has 2 heteroatoms. The first kappa shape index (κ1) is 32.6. The summed E-state index contributed by atoms with van der Waals surface area (Å²) >= 11 is 0. The van der Waals surface area contributed by atoms with Gasteiger partial charge in [0.15, 0.2) is 0 Å². The molecular formula is C49H44N2. The number of allylic oxidation sites excluding steroid dienone is 1. The number of rotatable bonds is 5. The molecule has 51 heavy (non-hydrogen) atoms. The zero-order valence-corrected chi connectivity index (χ0v) is 30.5. The molecule has 250 valence electrons. The Morgan fingerprint density at radius 2 is 1.02 bits per heavy atom. The van der Waals surface area contributed by atoms with Gasteiger partial charge in [0.05, 0.1) is 16.8 Å². The molecule has 0 amide bonds. The van der Waals surface area contributed by atoms with Gasteiger partial charge in [0.1, 0.15) is 0 Å². The second kappa shape index (κ2) is 12.0. The van der Waals surface area contributed by atoms with E-state index in [1.807, 2.05) is 0 Å². The van der Waals surface area contributed by atoms with Crippen LogP contribution in [-0.2, 0) is 16.2 Å². The summed E-state index contributed by atoms with van der Waals surface area (Å²) in [6.07, 6.45) is 0. The molecular weight excluding hydrogens is 617 g/mol. The molecule has 0 unspecified atom stereocenters. The summed E-state index contributed by atoms with van der Waals surface area (Å²) < 4.78 is 0. The fraction of sp³-hybridized carbons (Fsp3) is 0.184. The lowest BCUT2D eigenvalue weighted by Crippen LogP contribution is -2.40. The van der Waals surface area contributed by atoms with Crippen molar-refractivity contribution in [1.82, 2.24) is 0 Å². The van der Waals surface area contributed by atoms with Crippen molar-refractivity contribution in [3.05, 3.63) is 208 Å². The third-order valence-corrected chi connectivity index (χ3v) is 11.2. The molecule has 2 aliphatic carbocycles. The number of hydrogen-bond acceptors (Lipinski definition) is 2. The van der Waals surface area contributed by atoms with Crippen LogP contribution in [0.1, 0.15) is 97.2 Å². The van der Waals surface area contributed by atoms with Gasteiger partial charge in [-0.25, -0.2) is 0 Å². The number of azo groups is 1. The molecule has 0 saturated heterocycles. The standard InChI is InChI=1S/C49H44N2/c1-32(34-17-9-8-10-18-34)46(51-50-33(2)35-25-28-37(29-26-35)47(3,4)5)36-27-30-39-38-19-11-12-20-40(38)49(45(39)31-36)43-23-15-13-21-41(43)48(6,7)42-22-14-16-24-44(42)49/h8-31H,2H2,1,3-7H3/b46-32+,51-50?. The van der Waals surface area contributed by atoms with Gasteiger partial charge >= 0.3 is 0 Å². The van der Waals surface area contributed by atoms with Crippen molar-refractivity contribution in [1.29, 1.82) is 0 Å². The van der Waals surface area contributed by atoms with Crippen molar-refractivity contribution in [2.75, 3.05) is 0 Å². The first-order valence-electron chi connectivity index (χ1n) is 18.0. The van der Waals surface area contributed by atoms with Crippen molar-refractivity contribution >= 4 is 17.0 Å². The maximum atomic E-state index is 5.04. The maximum absolute atomic E-state index is 5.04. The second-order valence-corrected chi connectivity index (χ2v) is 15.6. The van der Waals surface area contributed by atoms with Gasteiger partial charge in [-0.2, -0.15) is 5.11 Å². The lowest BCUT2D eigenvalue weighted by atomic mass is 9.55. The molecule has 0 N–H and O–H groups in total. The number of hydrogen-bond donors (Lipinski definition) is 0. The molecule has 8 rings (SSSR count). The molecule has 1 spiro atoms. The van der Waals surface area contributed by atoms with Crippen LogP contribution in [0.2, 0.25) is 0 Å². The Labute approximate surface area is 303 Å². The lowest BCUT2D eigenvalue weighted by Gasteiger charge is -2.46. The minimum atomic E-state index is -0.480. The van der Waals surface area contributed by atoms with Crippen LogP contribution in [0.15, 0.2) is 162 Å². The Bertz CT molecular complexity index is 2330. The molecule has 0 heterocycles. The summed E-state index contributed by atoms with van der Waals surface area (Å²) in [5.41, 5.74) is 16.9. The highest BCUT2D eigenvalue weighted by molar-refractivity contribution is 5.93. The van der Waals surface area contributed by atoms with Crippen LogP contribution in [0.5, 0.6) is 0 Å². The minimum Gasteiger partial charge on any atom is -0.151 e. The van der Waals surface area contributed by atoms with Crippen LogP contribution in [0, 0.1) is 0 Å². The van der Waals surface area contributed by atoms with Crippen molar-refractivity contribution in [2.45, 2.75) is 57.8 Å². The van der Waals surface area contributed by atoms with E-state index in [1.54, 1.807) is 0 Å². The van der Waals surface area contributed by atoms with Gasteiger partial charge in [-0.05, 0) is 79.6 Å². The summed E-state index contributed by atoms with van der Waals surface area (Å²) in [6.45, 7) is 17.9. The van der Waals surface area contributed by atoms with E-state index in [1.165, 1.54) is 50.1 Å². The highest BCUT2D eigenvalue weighted by Gasteiger charge is 2.53. The first-order chi connectivity index (χ1) is 24.5. The van der Waals surface area contributed by atoms with Crippen LogP contribution < -0.4 is 0 Å². The molecule has 0 atom stereocenters. The van der Waals surface area contributed by atoms with Gasteiger partial charge in [-0.1, -0.05) is 181 Å². The van der Waals surface area contributed by atoms with Crippen LogP contribution in [0.4, 0.5) is 0 Å². The normalized spacial score (nSPS) is 15.5. The Morgan fingerprint density at radius 1 is 0.510 bits per heavy atom. The smallest absolute Gasteiger partial charge is 0.0964 e. The minimum absolute atomic E-state index is 0.0732. The van der Waals surface area contributed by atoms with Gasteiger partial charge in [-0.15, -0.1) is 5.11 Å². The van der Waals surface area contributed by atoms with Gasteiger partial charge < -0.3 is 0 Å². The van der Waals surface area contributed by atoms with Crippen LogP contribution in [-0.4, -0.2) is 0 Å². The molecule has 6 aromatic carbocycles. The van der Waals surface area contributed by atoms with Gasteiger partial charge in [-0.3, -0.25) is 0 Å². The van der Waals surface area contributed by atoms with Crippen LogP contribution >= 0.6 is 0 Å². The quantitative estimate of drug-likeness (QED) is 0.130. The molecule has 0 radical (unpaired) electrons. The third kappa shape index (κ3) is 5.08. The topological polar surface area (TPSA) is 24.7 Å². The SMILES string of the molecule is C=C(N=N/C(=C(\C)c1ccccc1)c1ccc2c(c1)C1(c3ccccc3-2)c2ccccc2C(C)(C)c2ccccc21)c1ccc(C(C)(C)C)cc1. The van der Waals surface area contributed by atoms with Gasteiger partial charge in [0.2, 0.25) is 0 Å². The summed E-state index contributed by atoms with van der Waals surface area (Å²) in [7, 11) is 0. The predicted octanol–water partition coefficient (Wildman–Crippen LogP) is 13.0. The zero-order valence-electron chi connectivity index (χ0n) is 30.5. The highest BCUT2D eigenvalue weighted by atomic mass is 15.1. The molecule has 2 aliphatic rings. The average molecular weight is 661 g/mol. The van der Waals surface area contributed by atoms with Crippen LogP contribution in [0.25, 0.3) is 28.1 Å². The number of benzene rings is 6. The van der Waals surface area contributed by atoms with Crippen molar-refractivity contribution in [3.63, 3.8) is 0 Å². The van der Waals surface area contributed by atoms with Crippen molar-refractivity contribution in [3.8, 4) is 11.1 Å². The molecule has 2 nitrogen and oxygen atoms in total. The maximum Gasteiger partial charge on any atom is 0.0964 e. The van der Waals surface area contributed by atoms with E-state index in [0.29, 0.717) is 5.70 Å². The highest BCUT2D eigenvalue weighted by Crippen LogP contribution is 2.62. The third-order valence-electron chi connectivity index (χ3n) is 11.2. The van der Waals surface area contributed by atoms with E-state index >= 15 is 0 Å². The Morgan fingerprint density at radius 3 is 1.63 bits per heavy atom. The van der Waals surface area contributed by atoms with Crippen molar-refractivity contribution in [2.24, 2.45) is 10.2 Å². The fourth-order valence-electron chi connectivity index (χ4n) is 8.51. The molecule has 0 fully saturated rings. The van der Waals surface area contributed by atoms with Crippen molar-refractivity contribution < 1.29 is 0 Å². The van der Waals surface area contributed by atoms with E-state index < -0.39 is 5.41 Å².